The summed E-state index contributed by atoms with van der Waals surface area (Å²) in [6.45, 7) is 5.40. The summed E-state index contributed by atoms with van der Waals surface area (Å²) in [4.78, 5) is 0. The second kappa shape index (κ2) is 10.1. The van der Waals surface area contributed by atoms with Gasteiger partial charge in [0, 0.05) is 49.1 Å². The fraction of sp³-hybridized carbons (Fsp3) is 0.400. The third kappa shape index (κ3) is 5.00. The van der Waals surface area contributed by atoms with Crippen molar-refractivity contribution in [3.05, 3.63) is 59.3 Å². The van der Waals surface area contributed by atoms with Crippen LogP contribution in [0.4, 0.5) is 5.69 Å². The van der Waals surface area contributed by atoms with Gasteiger partial charge in [-0.1, -0.05) is 43.1 Å². The molecule has 2 aliphatic heterocycles. The van der Waals surface area contributed by atoms with Crippen molar-refractivity contribution in [1.82, 2.24) is 9.62 Å². The first-order chi connectivity index (χ1) is 14.8. The average molecular weight is 419 g/mol. The Bertz CT molecular complexity index is 921. The number of nitrogens with one attached hydrogen (secondary N) is 2. The van der Waals surface area contributed by atoms with Crippen molar-refractivity contribution < 1.29 is 0 Å². The van der Waals surface area contributed by atoms with Crippen molar-refractivity contribution >= 4 is 23.7 Å². The third-order valence-corrected chi connectivity index (χ3v) is 6.87. The molecular weight excluding hydrogens is 388 g/mol. The highest BCUT2D eigenvalue weighted by molar-refractivity contribution is 7.96. The maximum absolute atomic E-state index is 8.81. The molecule has 30 heavy (non-hydrogen) atoms. The molecule has 0 atom stereocenters. The monoisotopic (exact) mass is 418 g/mol. The summed E-state index contributed by atoms with van der Waals surface area (Å²) in [5.41, 5.74) is 7.60. The van der Waals surface area contributed by atoms with Crippen LogP contribution in [0.5, 0.6) is 0 Å². The molecule has 2 heterocycles. The van der Waals surface area contributed by atoms with Crippen LogP contribution in [-0.4, -0.2) is 29.2 Å². The minimum atomic E-state index is 0.525. The second-order valence-electron chi connectivity index (χ2n) is 7.93. The SMILES string of the molecule is CCSN1CCC(Nc2cc(-c3ccc(CCC#N)cc3)cc3c2CNC=C3)CC1. The second-order valence-corrected chi connectivity index (χ2v) is 9.28. The lowest BCUT2D eigenvalue weighted by Crippen LogP contribution is -2.36. The van der Waals surface area contributed by atoms with Crippen LogP contribution in [0.25, 0.3) is 17.2 Å². The average Bonchev–Trinajstić information content (AvgIpc) is 2.79. The zero-order chi connectivity index (χ0) is 20.8. The van der Waals surface area contributed by atoms with Crippen molar-refractivity contribution in [3.63, 3.8) is 0 Å². The third-order valence-electron chi connectivity index (χ3n) is 5.88. The van der Waals surface area contributed by atoms with Crippen molar-refractivity contribution in [3.8, 4) is 17.2 Å². The lowest BCUT2D eigenvalue weighted by molar-refractivity contribution is 0.358. The molecule has 0 bridgehead atoms. The van der Waals surface area contributed by atoms with Crippen molar-refractivity contribution in [1.29, 1.82) is 5.26 Å². The number of nitriles is 1. The molecule has 0 aliphatic carbocycles. The molecule has 0 radical (unpaired) electrons. The van der Waals surface area contributed by atoms with E-state index in [0.717, 1.165) is 31.8 Å². The van der Waals surface area contributed by atoms with Gasteiger partial charge in [-0.3, -0.25) is 4.31 Å². The van der Waals surface area contributed by atoms with Crippen LogP contribution in [0.1, 0.15) is 42.9 Å². The molecule has 0 amide bonds. The van der Waals surface area contributed by atoms with Gasteiger partial charge in [0.1, 0.15) is 0 Å². The van der Waals surface area contributed by atoms with Crippen molar-refractivity contribution in [2.45, 2.75) is 45.2 Å². The molecule has 2 N–H and O–H groups in total. The van der Waals surface area contributed by atoms with Gasteiger partial charge in [-0.25, -0.2) is 0 Å². The standard InChI is InChI=1S/C25H30N4S/c1-2-30-29-14-10-23(11-15-29)28-25-17-22(16-21-9-13-27-18-24(21)25)20-7-5-19(6-8-20)4-3-12-26/h5-9,13,16-17,23,27-28H,2-4,10-11,14-15,18H2,1H3. The molecule has 2 aliphatic rings. The Morgan fingerprint density at radius 3 is 2.70 bits per heavy atom. The number of hydrogen-bond acceptors (Lipinski definition) is 5. The van der Waals surface area contributed by atoms with E-state index in [1.54, 1.807) is 0 Å². The van der Waals surface area contributed by atoms with Gasteiger partial charge >= 0.3 is 0 Å². The topological polar surface area (TPSA) is 51.1 Å². The summed E-state index contributed by atoms with van der Waals surface area (Å²) in [6.07, 6.45) is 7.97. The summed E-state index contributed by atoms with van der Waals surface area (Å²) in [5, 5.41) is 16.1. The molecule has 5 heteroatoms. The van der Waals surface area contributed by atoms with Crippen LogP contribution in [0, 0.1) is 11.3 Å². The molecule has 0 unspecified atom stereocenters. The molecule has 4 nitrogen and oxygen atoms in total. The molecular formula is C25H30N4S. The first-order valence-electron chi connectivity index (χ1n) is 10.9. The number of benzene rings is 2. The number of anilines is 1. The number of fused-ring (bicyclic) bond motifs is 1. The highest BCUT2D eigenvalue weighted by Crippen LogP contribution is 2.33. The minimum absolute atomic E-state index is 0.525. The van der Waals surface area contributed by atoms with Gasteiger partial charge in [0.05, 0.1) is 6.07 Å². The van der Waals surface area contributed by atoms with E-state index in [9.17, 15) is 0 Å². The molecule has 1 fully saturated rings. The maximum atomic E-state index is 8.81. The largest absolute Gasteiger partial charge is 0.387 e. The number of aryl methyl sites for hydroxylation is 1. The Labute approximate surface area is 184 Å². The number of piperidine rings is 1. The fourth-order valence-corrected chi connectivity index (χ4v) is 5.08. The predicted molar refractivity (Wildman–Crippen MR) is 128 cm³/mol. The van der Waals surface area contributed by atoms with E-state index in [4.69, 9.17) is 5.26 Å². The van der Waals surface area contributed by atoms with Crippen LogP contribution in [-0.2, 0) is 13.0 Å². The van der Waals surface area contributed by atoms with Gasteiger partial charge in [-0.15, -0.1) is 0 Å². The molecule has 1 saturated heterocycles. The Balaban J connectivity index is 1.55. The molecule has 0 saturated carbocycles. The van der Waals surface area contributed by atoms with Gasteiger partial charge in [-0.05, 0) is 65.9 Å². The number of rotatable bonds is 7. The lowest BCUT2D eigenvalue weighted by Gasteiger charge is -2.32. The van der Waals surface area contributed by atoms with E-state index in [-0.39, 0.29) is 0 Å². The Hall–Kier alpha value is -2.42. The number of nitrogens with zero attached hydrogens (tertiary/aromatic N) is 2. The summed E-state index contributed by atoms with van der Waals surface area (Å²) in [7, 11) is 0. The van der Waals surface area contributed by atoms with E-state index in [1.807, 2.05) is 18.1 Å². The van der Waals surface area contributed by atoms with Gasteiger partial charge in [0.15, 0.2) is 0 Å². The summed E-state index contributed by atoms with van der Waals surface area (Å²) in [5.74, 6) is 1.15. The van der Waals surface area contributed by atoms with Crippen molar-refractivity contribution in [2.24, 2.45) is 0 Å². The van der Waals surface area contributed by atoms with Gasteiger partial charge in [-0.2, -0.15) is 5.26 Å². The molecule has 0 aromatic heterocycles. The van der Waals surface area contributed by atoms with Crippen LogP contribution < -0.4 is 10.6 Å². The van der Waals surface area contributed by atoms with Crippen LogP contribution in [0.3, 0.4) is 0 Å². The smallest absolute Gasteiger partial charge is 0.0625 e. The summed E-state index contributed by atoms with van der Waals surface area (Å²) >= 11 is 1.96. The van der Waals surface area contributed by atoms with Crippen LogP contribution in [0.2, 0.25) is 0 Å². The Kier molecular flexibility index (Phi) is 6.99. The quantitative estimate of drug-likeness (QED) is 0.587. The van der Waals surface area contributed by atoms with Crippen molar-refractivity contribution in [2.75, 3.05) is 24.2 Å². The Morgan fingerprint density at radius 2 is 1.97 bits per heavy atom. The number of hydrogen-bond donors (Lipinski definition) is 2. The zero-order valence-electron chi connectivity index (χ0n) is 17.7. The van der Waals surface area contributed by atoms with E-state index < -0.39 is 0 Å². The normalized spacial score (nSPS) is 16.5. The highest BCUT2D eigenvalue weighted by atomic mass is 32.2. The molecule has 156 valence electrons. The van der Waals surface area contributed by atoms with E-state index in [2.05, 4.69) is 70.4 Å². The van der Waals surface area contributed by atoms with E-state index in [0.29, 0.717) is 12.5 Å². The van der Waals surface area contributed by atoms with Crippen LogP contribution >= 0.6 is 11.9 Å². The fourth-order valence-electron chi connectivity index (χ4n) is 4.24. The highest BCUT2D eigenvalue weighted by Gasteiger charge is 2.21. The van der Waals surface area contributed by atoms with Gasteiger partial charge < -0.3 is 10.6 Å². The van der Waals surface area contributed by atoms with E-state index >= 15 is 0 Å². The van der Waals surface area contributed by atoms with Gasteiger partial charge in [0.2, 0.25) is 0 Å². The first-order valence-corrected chi connectivity index (χ1v) is 11.9. The summed E-state index contributed by atoms with van der Waals surface area (Å²) < 4.78 is 2.50. The molecule has 2 aromatic carbocycles. The lowest BCUT2D eigenvalue weighted by atomic mass is 9.94. The minimum Gasteiger partial charge on any atom is -0.387 e. The molecule has 2 aromatic rings. The Morgan fingerprint density at radius 1 is 1.17 bits per heavy atom. The zero-order valence-corrected chi connectivity index (χ0v) is 18.5. The summed E-state index contributed by atoms with van der Waals surface area (Å²) in [6, 6.07) is 16.0. The first kappa shape index (κ1) is 20.8. The maximum Gasteiger partial charge on any atom is 0.0625 e. The van der Waals surface area contributed by atoms with Crippen LogP contribution in [0.15, 0.2) is 42.6 Å². The molecule has 4 rings (SSSR count). The molecule has 0 spiro atoms. The van der Waals surface area contributed by atoms with Gasteiger partial charge in [0.25, 0.3) is 0 Å². The van der Waals surface area contributed by atoms with E-state index in [1.165, 1.54) is 46.3 Å². The predicted octanol–water partition coefficient (Wildman–Crippen LogP) is 5.43.